The first-order valence-electron chi connectivity index (χ1n) is 6.96. The monoisotopic (exact) mass is 273 g/mol. The van der Waals surface area contributed by atoms with Gasteiger partial charge in [-0.2, -0.15) is 5.10 Å². The van der Waals surface area contributed by atoms with Crippen LogP contribution in [0.3, 0.4) is 0 Å². The second-order valence-electron chi connectivity index (χ2n) is 6.01. The Morgan fingerprint density at radius 1 is 1.10 bits per heavy atom. The fourth-order valence-corrected chi connectivity index (χ4v) is 2.21. The van der Waals surface area contributed by atoms with Crippen LogP contribution in [0.1, 0.15) is 38.0 Å². The Morgan fingerprint density at radius 3 is 2.30 bits per heavy atom. The zero-order chi connectivity index (χ0) is 14.8. The highest BCUT2D eigenvalue weighted by Gasteiger charge is 2.19. The average Bonchev–Trinajstić information content (AvgIpc) is 2.78. The number of nitrogens with zero attached hydrogens (tertiary/aromatic N) is 3. The number of rotatable bonds is 4. The van der Waals surface area contributed by atoms with Gasteiger partial charge < -0.3 is 4.74 Å². The molecule has 0 spiro atoms. The van der Waals surface area contributed by atoms with Crippen LogP contribution in [0.4, 0.5) is 0 Å². The topological polar surface area (TPSA) is 39.9 Å². The van der Waals surface area contributed by atoms with Gasteiger partial charge in [-0.25, -0.2) is 9.67 Å². The molecule has 0 fully saturated rings. The summed E-state index contributed by atoms with van der Waals surface area (Å²) in [7, 11) is 1.68. The Bertz CT molecular complexity index is 564. The van der Waals surface area contributed by atoms with Crippen LogP contribution >= 0.6 is 0 Å². The lowest BCUT2D eigenvalue weighted by molar-refractivity contribution is 0.340. The van der Waals surface area contributed by atoms with E-state index in [1.165, 1.54) is 5.56 Å². The number of aromatic nitrogens is 3. The van der Waals surface area contributed by atoms with E-state index in [0.29, 0.717) is 0 Å². The Kier molecular flexibility index (Phi) is 4.12. The van der Waals surface area contributed by atoms with Crippen molar-refractivity contribution in [1.82, 2.24) is 14.8 Å². The second kappa shape index (κ2) is 5.65. The molecule has 0 saturated heterocycles. The van der Waals surface area contributed by atoms with Crippen LogP contribution in [-0.4, -0.2) is 21.9 Å². The lowest BCUT2D eigenvalue weighted by atomic mass is 10.1. The van der Waals surface area contributed by atoms with E-state index in [-0.39, 0.29) is 5.54 Å². The fourth-order valence-electron chi connectivity index (χ4n) is 2.21. The lowest BCUT2D eigenvalue weighted by Gasteiger charge is -2.21. The highest BCUT2D eigenvalue weighted by Crippen LogP contribution is 2.17. The third kappa shape index (κ3) is 3.38. The standard InChI is InChI=1S/C16H23N3O/c1-12-17-15(19(18-12)16(2,3)4)11-8-13-6-9-14(20-5)10-7-13/h6-7,9-10H,8,11H2,1-5H3. The van der Waals surface area contributed by atoms with Crippen molar-refractivity contribution in [2.75, 3.05) is 7.11 Å². The van der Waals surface area contributed by atoms with Crippen molar-refractivity contribution >= 4 is 0 Å². The predicted octanol–water partition coefficient (Wildman–Crippen LogP) is 3.14. The number of hydrogen-bond acceptors (Lipinski definition) is 3. The Balaban J connectivity index is 2.10. The Labute approximate surface area is 120 Å². The van der Waals surface area contributed by atoms with Crippen molar-refractivity contribution in [3.63, 3.8) is 0 Å². The largest absolute Gasteiger partial charge is 0.497 e. The molecule has 0 saturated carbocycles. The van der Waals surface area contributed by atoms with Gasteiger partial charge in [-0.15, -0.1) is 0 Å². The van der Waals surface area contributed by atoms with Gasteiger partial charge in [-0.1, -0.05) is 12.1 Å². The first-order valence-corrected chi connectivity index (χ1v) is 6.96. The molecule has 0 bridgehead atoms. The van der Waals surface area contributed by atoms with Crippen molar-refractivity contribution in [3.8, 4) is 5.75 Å². The molecule has 0 amide bonds. The molecule has 1 heterocycles. The Morgan fingerprint density at radius 2 is 1.75 bits per heavy atom. The quantitative estimate of drug-likeness (QED) is 0.859. The van der Waals surface area contributed by atoms with Crippen LogP contribution in [0.5, 0.6) is 5.75 Å². The minimum absolute atomic E-state index is 0.0312. The van der Waals surface area contributed by atoms with Gasteiger partial charge in [0.05, 0.1) is 12.6 Å². The van der Waals surface area contributed by atoms with Crippen molar-refractivity contribution < 1.29 is 4.74 Å². The molecule has 2 rings (SSSR count). The van der Waals surface area contributed by atoms with Gasteiger partial charge in [0, 0.05) is 6.42 Å². The molecule has 0 aliphatic carbocycles. The van der Waals surface area contributed by atoms with Crippen LogP contribution in [-0.2, 0) is 18.4 Å². The van der Waals surface area contributed by atoms with Gasteiger partial charge in [0.1, 0.15) is 17.4 Å². The summed E-state index contributed by atoms with van der Waals surface area (Å²) in [6, 6.07) is 8.19. The van der Waals surface area contributed by atoms with Crippen LogP contribution in [0.25, 0.3) is 0 Å². The summed E-state index contributed by atoms with van der Waals surface area (Å²) in [6.07, 6.45) is 1.85. The van der Waals surface area contributed by atoms with Gasteiger partial charge in [-0.3, -0.25) is 0 Å². The first kappa shape index (κ1) is 14.6. The third-order valence-electron chi connectivity index (χ3n) is 3.21. The van der Waals surface area contributed by atoms with E-state index >= 15 is 0 Å². The highest BCUT2D eigenvalue weighted by atomic mass is 16.5. The number of hydrogen-bond donors (Lipinski definition) is 0. The minimum Gasteiger partial charge on any atom is -0.497 e. The molecule has 108 valence electrons. The van der Waals surface area contributed by atoms with Crippen LogP contribution in [0, 0.1) is 6.92 Å². The zero-order valence-corrected chi connectivity index (χ0v) is 13.0. The Hall–Kier alpha value is -1.84. The summed E-state index contributed by atoms with van der Waals surface area (Å²) < 4.78 is 7.21. The molecule has 2 aromatic rings. The molecule has 20 heavy (non-hydrogen) atoms. The molecule has 0 aliphatic rings. The smallest absolute Gasteiger partial charge is 0.147 e. The van der Waals surface area contributed by atoms with E-state index in [1.807, 2.05) is 23.7 Å². The summed E-state index contributed by atoms with van der Waals surface area (Å²) in [4.78, 5) is 4.55. The lowest BCUT2D eigenvalue weighted by Crippen LogP contribution is -2.25. The summed E-state index contributed by atoms with van der Waals surface area (Å²) in [6.45, 7) is 8.40. The van der Waals surface area contributed by atoms with Crippen molar-refractivity contribution in [1.29, 1.82) is 0 Å². The summed E-state index contributed by atoms with van der Waals surface area (Å²) in [5, 5.41) is 4.51. The molecule has 4 heteroatoms. The van der Waals surface area contributed by atoms with Crippen molar-refractivity contribution in [2.45, 2.75) is 46.1 Å². The summed E-state index contributed by atoms with van der Waals surface area (Å²) in [5.41, 5.74) is 1.25. The highest BCUT2D eigenvalue weighted by molar-refractivity contribution is 5.27. The maximum atomic E-state index is 5.17. The van der Waals surface area contributed by atoms with E-state index in [1.54, 1.807) is 7.11 Å². The van der Waals surface area contributed by atoms with Crippen LogP contribution in [0.2, 0.25) is 0 Å². The van der Waals surface area contributed by atoms with E-state index < -0.39 is 0 Å². The second-order valence-corrected chi connectivity index (χ2v) is 6.01. The van der Waals surface area contributed by atoms with Crippen molar-refractivity contribution in [3.05, 3.63) is 41.5 Å². The molecular formula is C16H23N3O. The predicted molar refractivity (Wildman–Crippen MR) is 80.2 cm³/mol. The van der Waals surface area contributed by atoms with Crippen LogP contribution in [0.15, 0.2) is 24.3 Å². The maximum absolute atomic E-state index is 5.17. The van der Waals surface area contributed by atoms with E-state index in [2.05, 4.69) is 43.0 Å². The van der Waals surface area contributed by atoms with Gasteiger partial charge in [0.15, 0.2) is 0 Å². The molecule has 0 aliphatic heterocycles. The zero-order valence-electron chi connectivity index (χ0n) is 13.0. The molecule has 0 atom stereocenters. The van der Waals surface area contributed by atoms with E-state index in [0.717, 1.165) is 30.2 Å². The molecule has 0 N–H and O–H groups in total. The molecular weight excluding hydrogens is 250 g/mol. The fraction of sp³-hybridized carbons (Fsp3) is 0.500. The molecule has 1 aromatic carbocycles. The molecule has 4 nitrogen and oxygen atoms in total. The number of benzene rings is 1. The molecule has 0 radical (unpaired) electrons. The number of methoxy groups -OCH3 is 1. The first-order chi connectivity index (χ1) is 9.40. The van der Waals surface area contributed by atoms with Gasteiger partial charge in [-0.05, 0) is 51.8 Å². The van der Waals surface area contributed by atoms with E-state index in [4.69, 9.17) is 4.74 Å². The van der Waals surface area contributed by atoms with Crippen molar-refractivity contribution in [2.24, 2.45) is 0 Å². The van der Waals surface area contributed by atoms with Gasteiger partial charge >= 0.3 is 0 Å². The minimum atomic E-state index is -0.0312. The number of ether oxygens (including phenoxy) is 1. The average molecular weight is 273 g/mol. The SMILES string of the molecule is COc1ccc(CCc2nc(C)nn2C(C)(C)C)cc1. The maximum Gasteiger partial charge on any atom is 0.147 e. The van der Waals surface area contributed by atoms with Gasteiger partial charge in [0.2, 0.25) is 0 Å². The van der Waals surface area contributed by atoms with E-state index in [9.17, 15) is 0 Å². The third-order valence-corrected chi connectivity index (χ3v) is 3.21. The normalized spacial score (nSPS) is 11.7. The summed E-state index contributed by atoms with van der Waals surface area (Å²) in [5.74, 6) is 2.78. The number of aryl methyl sites for hydroxylation is 3. The summed E-state index contributed by atoms with van der Waals surface area (Å²) >= 11 is 0. The van der Waals surface area contributed by atoms with Gasteiger partial charge in [0.25, 0.3) is 0 Å². The molecule has 1 aromatic heterocycles. The van der Waals surface area contributed by atoms with Crippen LogP contribution < -0.4 is 4.74 Å². The molecule has 0 unspecified atom stereocenters.